The summed E-state index contributed by atoms with van der Waals surface area (Å²) in [6.45, 7) is 10.5. The van der Waals surface area contributed by atoms with Crippen LogP contribution in [0.15, 0.2) is 12.1 Å². The van der Waals surface area contributed by atoms with Gasteiger partial charge >= 0.3 is 0 Å². The molecule has 0 aromatic carbocycles. The number of aryl methyl sites for hydroxylation is 1. The van der Waals surface area contributed by atoms with Crippen molar-refractivity contribution in [1.82, 2.24) is 9.88 Å². The van der Waals surface area contributed by atoms with Crippen molar-refractivity contribution >= 4 is 17.5 Å². The normalized spacial score (nSPS) is 13.2. The van der Waals surface area contributed by atoms with E-state index >= 15 is 0 Å². The molecule has 1 rings (SSSR count). The first-order valence-corrected chi connectivity index (χ1v) is 7.48. The molecule has 1 heterocycles. The second-order valence-corrected chi connectivity index (χ2v) is 6.77. The third-order valence-corrected chi connectivity index (χ3v) is 3.95. The van der Waals surface area contributed by atoms with Crippen molar-refractivity contribution in [3.05, 3.63) is 28.5 Å². The van der Waals surface area contributed by atoms with Gasteiger partial charge in [-0.3, -0.25) is 4.79 Å². The number of nitrogens with zero attached hydrogens (tertiary/aromatic N) is 2. The molecule has 0 aliphatic rings. The molecule has 3 nitrogen and oxygen atoms in total. The summed E-state index contributed by atoms with van der Waals surface area (Å²) in [6, 6.07) is 3.63. The Morgan fingerprint density at radius 1 is 1.40 bits per heavy atom. The van der Waals surface area contributed by atoms with Crippen molar-refractivity contribution in [2.45, 2.75) is 53.5 Å². The lowest BCUT2D eigenvalue weighted by Crippen LogP contribution is -2.43. The van der Waals surface area contributed by atoms with E-state index in [1.807, 2.05) is 13.1 Å². The van der Waals surface area contributed by atoms with Gasteiger partial charge in [-0.2, -0.15) is 0 Å². The van der Waals surface area contributed by atoms with E-state index in [0.29, 0.717) is 10.7 Å². The molecule has 0 N–H and O–H groups in total. The number of rotatable bonds is 4. The van der Waals surface area contributed by atoms with Crippen molar-refractivity contribution in [2.75, 3.05) is 7.05 Å². The minimum atomic E-state index is -0.00548. The first-order valence-electron chi connectivity index (χ1n) is 7.10. The standard InChI is InChI=1S/C16H25ClN2O/c1-7-8-13-9-12(10-14(17)18-13)15(20)19(6)11(2)16(3,4)5/h9-11H,7-8H2,1-6H3. The van der Waals surface area contributed by atoms with E-state index in [0.717, 1.165) is 18.5 Å². The molecule has 20 heavy (non-hydrogen) atoms. The highest BCUT2D eigenvalue weighted by atomic mass is 35.5. The maximum absolute atomic E-state index is 12.6. The summed E-state index contributed by atoms with van der Waals surface area (Å²) in [5, 5.41) is 0.385. The lowest BCUT2D eigenvalue weighted by atomic mass is 9.87. The van der Waals surface area contributed by atoms with Gasteiger partial charge in [-0.15, -0.1) is 0 Å². The molecule has 0 aliphatic carbocycles. The van der Waals surface area contributed by atoms with E-state index in [1.54, 1.807) is 11.0 Å². The summed E-state index contributed by atoms with van der Waals surface area (Å²) in [7, 11) is 1.84. The van der Waals surface area contributed by atoms with Crippen molar-refractivity contribution in [1.29, 1.82) is 0 Å². The molecule has 1 unspecified atom stereocenters. The molecule has 0 radical (unpaired) electrons. The van der Waals surface area contributed by atoms with Gasteiger partial charge in [0, 0.05) is 24.3 Å². The quantitative estimate of drug-likeness (QED) is 0.780. The van der Waals surface area contributed by atoms with Crippen LogP contribution in [0.4, 0.5) is 0 Å². The monoisotopic (exact) mass is 296 g/mol. The minimum Gasteiger partial charge on any atom is -0.338 e. The van der Waals surface area contributed by atoms with Gasteiger partial charge in [0.25, 0.3) is 5.91 Å². The zero-order valence-electron chi connectivity index (χ0n) is 13.3. The van der Waals surface area contributed by atoms with E-state index in [9.17, 15) is 4.79 Å². The Morgan fingerprint density at radius 3 is 2.50 bits per heavy atom. The van der Waals surface area contributed by atoms with Crippen LogP contribution in [0.2, 0.25) is 5.15 Å². The molecule has 1 aromatic rings. The number of hydrogen-bond donors (Lipinski definition) is 0. The summed E-state index contributed by atoms with van der Waals surface area (Å²) >= 11 is 6.02. The molecular weight excluding hydrogens is 272 g/mol. The summed E-state index contributed by atoms with van der Waals surface area (Å²) in [6.07, 6.45) is 1.81. The Bertz CT molecular complexity index is 480. The zero-order chi connectivity index (χ0) is 15.5. The molecule has 1 amide bonds. The molecule has 1 aromatic heterocycles. The van der Waals surface area contributed by atoms with Gasteiger partial charge in [-0.25, -0.2) is 4.98 Å². The summed E-state index contributed by atoms with van der Waals surface area (Å²) in [5.74, 6) is -0.00548. The van der Waals surface area contributed by atoms with Gasteiger partial charge < -0.3 is 4.90 Å². The van der Waals surface area contributed by atoms with Crippen LogP contribution in [0.1, 0.15) is 57.1 Å². The Balaban J connectivity index is 3.02. The van der Waals surface area contributed by atoms with E-state index in [-0.39, 0.29) is 17.4 Å². The maximum Gasteiger partial charge on any atom is 0.254 e. The molecule has 0 spiro atoms. The second-order valence-electron chi connectivity index (χ2n) is 6.38. The molecule has 0 saturated carbocycles. The smallest absolute Gasteiger partial charge is 0.254 e. The van der Waals surface area contributed by atoms with Gasteiger partial charge in [0.2, 0.25) is 0 Å². The van der Waals surface area contributed by atoms with Gasteiger partial charge in [0.15, 0.2) is 0 Å². The van der Waals surface area contributed by atoms with E-state index < -0.39 is 0 Å². The molecule has 0 bridgehead atoms. The minimum absolute atomic E-state index is 0.00548. The average Bonchev–Trinajstić information content (AvgIpc) is 2.34. The van der Waals surface area contributed by atoms with Crippen LogP contribution in [-0.4, -0.2) is 28.9 Å². The first-order chi connectivity index (χ1) is 9.16. The first kappa shape index (κ1) is 17.0. The Hall–Kier alpha value is -1.09. The third-order valence-electron chi connectivity index (χ3n) is 3.75. The number of aromatic nitrogens is 1. The SMILES string of the molecule is CCCc1cc(C(=O)N(C)C(C)C(C)(C)C)cc(Cl)n1. The van der Waals surface area contributed by atoms with Crippen LogP contribution in [0.25, 0.3) is 0 Å². The van der Waals surface area contributed by atoms with Gasteiger partial charge in [-0.1, -0.05) is 45.7 Å². The van der Waals surface area contributed by atoms with Gasteiger partial charge in [0.05, 0.1) is 0 Å². The molecule has 0 fully saturated rings. The highest BCUT2D eigenvalue weighted by Crippen LogP contribution is 2.24. The number of carbonyl (C=O) groups excluding carboxylic acids is 1. The highest BCUT2D eigenvalue weighted by molar-refractivity contribution is 6.29. The molecule has 4 heteroatoms. The number of carbonyl (C=O) groups is 1. The van der Waals surface area contributed by atoms with Crippen LogP contribution >= 0.6 is 11.6 Å². The maximum atomic E-state index is 12.6. The fraction of sp³-hybridized carbons (Fsp3) is 0.625. The lowest BCUT2D eigenvalue weighted by Gasteiger charge is -2.35. The Labute approximate surface area is 127 Å². The van der Waals surface area contributed by atoms with Crippen LogP contribution in [0.3, 0.4) is 0 Å². The number of halogens is 1. The molecule has 0 saturated heterocycles. The van der Waals surface area contributed by atoms with Gasteiger partial charge in [0.1, 0.15) is 5.15 Å². The summed E-state index contributed by atoms with van der Waals surface area (Å²) in [4.78, 5) is 18.6. The lowest BCUT2D eigenvalue weighted by molar-refractivity contribution is 0.0629. The molecular formula is C16H25ClN2O. The van der Waals surface area contributed by atoms with E-state index in [1.165, 1.54) is 0 Å². The van der Waals surface area contributed by atoms with E-state index in [2.05, 4.69) is 39.6 Å². The Morgan fingerprint density at radius 2 is 2.00 bits per heavy atom. The predicted octanol–water partition coefficient (Wildman–Crippen LogP) is 4.19. The highest BCUT2D eigenvalue weighted by Gasteiger charge is 2.27. The van der Waals surface area contributed by atoms with Crippen LogP contribution in [0.5, 0.6) is 0 Å². The van der Waals surface area contributed by atoms with Crippen molar-refractivity contribution in [3.63, 3.8) is 0 Å². The third kappa shape index (κ3) is 4.20. The number of amides is 1. The topological polar surface area (TPSA) is 33.2 Å². The largest absolute Gasteiger partial charge is 0.338 e. The van der Waals surface area contributed by atoms with Crippen molar-refractivity contribution < 1.29 is 4.79 Å². The molecule has 0 aliphatic heterocycles. The number of hydrogen-bond acceptors (Lipinski definition) is 2. The Kier molecular flexibility index (Phi) is 5.58. The summed E-state index contributed by atoms with van der Waals surface area (Å²) in [5.41, 5.74) is 1.53. The van der Waals surface area contributed by atoms with Crippen molar-refractivity contribution in [2.24, 2.45) is 5.41 Å². The molecule has 112 valence electrons. The molecule has 1 atom stereocenters. The fourth-order valence-electron chi connectivity index (χ4n) is 2.02. The van der Waals surface area contributed by atoms with Crippen LogP contribution < -0.4 is 0 Å². The second kappa shape index (κ2) is 6.57. The average molecular weight is 297 g/mol. The summed E-state index contributed by atoms with van der Waals surface area (Å²) < 4.78 is 0. The van der Waals surface area contributed by atoms with Crippen LogP contribution in [0, 0.1) is 5.41 Å². The predicted molar refractivity (Wildman–Crippen MR) is 84.3 cm³/mol. The van der Waals surface area contributed by atoms with Crippen molar-refractivity contribution in [3.8, 4) is 0 Å². The van der Waals surface area contributed by atoms with E-state index in [4.69, 9.17) is 11.6 Å². The van der Waals surface area contributed by atoms with Gasteiger partial charge in [-0.05, 0) is 30.9 Å². The fourth-order valence-corrected chi connectivity index (χ4v) is 2.25. The number of pyridine rings is 1. The zero-order valence-corrected chi connectivity index (χ0v) is 14.1. The van der Waals surface area contributed by atoms with Crippen LogP contribution in [-0.2, 0) is 6.42 Å².